The van der Waals surface area contributed by atoms with E-state index < -0.39 is 0 Å². The van der Waals surface area contributed by atoms with Gasteiger partial charge in [-0.3, -0.25) is 9.59 Å². The predicted octanol–water partition coefficient (Wildman–Crippen LogP) is 4.32. The van der Waals surface area contributed by atoms with Crippen LogP contribution in [0.25, 0.3) is 0 Å². The van der Waals surface area contributed by atoms with Gasteiger partial charge in [-0.2, -0.15) is 0 Å². The van der Waals surface area contributed by atoms with Gasteiger partial charge >= 0.3 is 0 Å². The molecule has 1 aromatic heterocycles. The summed E-state index contributed by atoms with van der Waals surface area (Å²) in [5.74, 6) is 0.310. The van der Waals surface area contributed by atoms with Crippen molar-refractivity contribution in [1.82, 2.24) is 0 Å². The Bertz CT molecular complexity index is 890. The van der Waals surface area contributed by atoms with Gasteiger partial charge in [0.1, 0.15) is 0 Å². The van der Waals surface area contributed by atoms with Gasteiger partial charge in [-0.05, 0) is 41.3 Å². The standard InChI is InChI=1S/C20H18N2O2S2/c21-19(23)12-14-7-9-15(10-8-14)22-20(24)17-5-1-2-6-18(17)26-13-16-4-3-11-25-16/h1-11H,12-13H2,(H2,21,23)(H,22,24). The number of thiophene rings is 1. The fraction of sp³-hybridized carbons (Fsp3) is 0.100. The average Bonchev–Trinajstić information content (AvgIpc) is 3.15. The summed E-state index contributed by atoms with van der Waals surface area (Å²) in [6.07, 6.45) is 0.191. The van der Waals surface area contributed by atoms with Crippen molar-refractivity contribution in [2.45, 2.75) is 17.1 Å². The molecule has 0 spiro atoms. The molecule has 0 bridgehead atoms. The number of hydrogen-bond donors (Lipinski definition) is 2. The molecular weight excluding hydrogens is 364 g/mol. The number of rotatable bonds is 7. The number of primary amides is 1. The predicted molar refractivity (Wildman–Crippen MR) is 108 cm³/mol. The Hall–Kier alpha value is -2.57. The second kappa shape index (κ2) is 8.69. The molecule has 0 aliphatic heterocycles. The number of thioether (sulfide) groups is 1. The summed E-state index contributed by atoms with van der Waals surface area (Å²) in [4.78, 5) is 25.8. The van der Waals surface area contributed by atoms with Gasteiger partial charge in [0.15, 0.2) is 0 Å². The van der Waals surface area contributed by atoms with Gasteiger partial charge < -0.3 is 11.1 Å². The van der Waals surface area contributed by atoms with Gasteiger partial charge in [0.2, 0.25) is 5.91 Å². The maximum atomic E-state index is 12.7. The van der Waals surface area contributed by atoms with Crippen molar-refractivity contribution >= 4 is 40.6 Å². The number of carbonyl (C=O) groups is 2. The molecule has 1 heterocycles. The molecule has 0 fully saturated rings. The number of nitrogens with one attached hydrogen (secondary N) is 1. The molecule has 4 nitrogen and oxygen atoms in total. The van der Waals surface area contributed by atoms with Crippen LogP contribution in [0.2, 0.25) is 0 Å². The third-order valence-corrected chi connectivity index (χ3v) is 5.85. The largest absolute Gasteiger partial charge is 0.369 e. The lowest BCUT2D eigenvalue weighted by Crippen LogP contribution is -2.14. The summed E-state index contributed by atoms with van der Waals surface area (Å²) in [6.45, 7) is 0. The van der Waals surface area contributed by atoms with Gasteiger partial charge in [0.05, 0.1) is 12.0 Å². The third-order valence-electron chi connectivity index (χ3n) is 3.67. The smallest absolute Gasteiger partial charge is 0.256 e. The van der Waals surface area contributed by atoms with E-state index in [1.54, 1.807) is 47.4 Å². The molecule has 6 heteroatoms. The first-order valence-electron chi connectivity index (χ1n) is 8.04. The van der Waals surface area contributed by atoms with Crippen molar-refractivity contribution in [1.29, 1.82) is 0 Å². The van der Waals surface area contributed by atoms with Crippen molar-refractivity contribution in [2.75, 3.05) is 5.32 Å². The molecule has 0 radical (unpaired) electrons. The first kappa shape index (κ1) is 18.2. The second-order valence-electron chi connectivity index (χ2n) is 5.66. The molecule has 2 aromatic carbocycles. The van der Waals surface area contributed by atoms with Crippen LogP contribution in [0.1, 0.15) is 20.8 Å². The van der Waals surface area contributed by atoms with Gasteiger partial charge in [0, 0.05) is 21.2 Å². The summed E-state index contributed by atoms with van der Waals surface area (Å²) in [5.41, 5.74) is 7.34. The number of anilines is 1. The molecular formula is C20H18N2O2S2. The summed E-state index contributed by atoms with van der Waals surface area (Å²) in [6, 6.07) is 18.8. The summed E-state index contributed by atoms with van der Waals surface area (Å²) in [5, 5.41) is 4.96. The van der Waals surface area contributed by atoms with E-state index in [2.05, 4.69) is 16.8 Å². The van der Waals surface area contributed by atoms with E-state index in [1.165, 1.54) is 4.88 Å². The van der Waals surface area contributed by atoms with Gasteiger partial charge in [0.25, 0.3) is 5.91 Å². The van der Waals surface area contributed by atoms with E-state index in [-0.39, 0.29) is 18.2 Å². The lowest BCUT2D eigenvalue weighted by atomic mass is 10.1. The van der Waals surface area contributed by atoms with Crippen LogP contribution in [0.4, 0.5) is 5.69 Å². The molecule has 26 heavy (non-hydrogen) atoms. The highest BCUT2D eigenvalue weighted by molar-refractivity contribution is 7.98. The van der Waals surface area contributed by atoms with Crippen LogP contribution in [0.15, 0.2) is 70.9 Å². The highest BCUT2D eigenvalue weighted by Gasteiger charge is 2.12. The Kier molecular flexibility index (Phi) is 6.09. The molecule has 132 valence electrons. The topological polar surface area (TPSA) is 72.2 Å². The SMILES string of the molecule is NC(=O)Cc1ccc(NC(=O)c2ccccc2SCc2cccs2)cc1. The zero-order valence-electron chi connectivity index (χ0n) is 14.0. The van der Waals surface area contributed by atoms with Crippen LogP contribution < -0.4 is 11.1 Å². The van der Waals surface area contributed by atoms with E-state index >= 15 is 0 Å². The third kappa shape index (κ3) is 4.97. The molecule has 0 unspecified atom stereocenters. The quantitative estimate of drug-likeness (QED) is 0.598. The van der Waals surface area contributed by atoms with Crippen molar-refractivity contribution in [3.05, 3.63) is 82.0 Å². The normalized spacial score (nSPS) is 10.5. The molecule has 0 atom stereocenters. The monoisotopic (exact) mass is 382 g/mol. The Morgan fingerprint density at radius 2 is 1.77 bits per heavy atom. The van der Waals surface area contributed by atoms with Crippen LogP contribution in [-0.2, 0) is 17.0 Å². The highest BCUT2D eigenvalue weighted by Crippen LogP contribution is 2.28. The maximum absolute atomic E-state index is 12.7. The van der Waals surface area contributed by atoms with Crippen LogP contribution in [0, 0.1) is 0 Å². The molecule has 0 aliphatic carbocycles. The first-order chi connectivity index (χ1) is 12.6. The second-order valence-corrected chi connectivity index (χ2v) is 7.71. The van der Waals surface area contributed by atoms with Crippen molar-refractivity contribution in [3.8, 4) is 0 Å². The zero-order valence-corrected chi connectivity index (χ0v) is 15.6. The minimum Gasteiger partial charge on any atom is -0.369 e. The number of benzene rings is 2. The van der Waals surface area contributed by atoms with Crippen LogP contribution in [0.5, 0.6) is 0 Å². The zero-order chi connectivity index (χ0) is 18.4. The van der Waals surface area contributed by atoms with E-state index in [0.29, 0.717) is 11.3 Å². The van der Waals surface area contributed by atoms with Crippen LogP contribution >= 0.6 is 23.1 Å². The molecule has 3 aromatic rings. The van der Waals surface area contributed by atoms with E-state index in [1.807, 2.05) is 30.3 Å². The van der Waals surface area contributed by atoms with E-state index in [0.717, 1.165) is 16.2 Å². The lowest BCUT2D eigenvalue weighted by molar-refractivity contribution is -0.117. The van der Waals surface area contributed by atoms with E-state index in [9.17, 15) is 9.59 Å². The maximum Gasteiger partial charge on any atom is 0.256 e. The molecule has 3 rings (SSSR count). The highest BCUT2D eigenvalue weighted by atomic mass is 32.2. The summed E-state index contributed by atoms with van der Waals surface area (Å²) in [7, 11) is 0. The van der Waals surface area contributed by atoms with Crippen molar-refractivity contribution in [2.24, 2.45) is 5.73 Å². The van der Waals surface area contributed by atoms with Crippen LogP contribution in [-0.4, -0.2) is 11.8 Å². The fourth-order valence-electron chi connectivity index (χ4n) is 2.43. The Balaban J connectivity index is 1.68. The van der Waals surface area contributed by atoms with Gasteiger partial charge in [-0.15, -0.1) is 23.1 Å². The number of hydrogen-bond acceptors (Lipinski definition) is 4. The van der Waals surface area contributed by atoms with Crippen LogP contribution in [0.3, 0.4) is 0 Å². The molecule has 3 N–H and O–H groups in total. The van der Waals surface area contributed by atoms with Gasteiger partial charge in [-0.1, -0.05) is 30.3 Å². The van der Waals surface area contributed by atoms with Crippen molar-refractivity contribution in [3.63, 3.8) is 0 Å². The first-order valence-corrected chi connectivity index (χ1v) is 9.91. The molecule has 0 aliphatic rings. The summed E-state index contributed by atoms with van der Waals surface area (Å²) >= 11 is 3.36. The molecule has 2 amide bonds. The number of carbonyl (C=O) groups excluding carboxylic acids is 2. The number of nitrogens with two attached hydrogens (primary N) is 1. The Labute approximate surface area is 160 Å². The minimum absolute atomic E-state index is 0.151. The van der Waals surface area contributed by atoms with Gasteiger partial charge in [-0.25, -0.2) is 0 Å². The number of amides is 2. The summed E-state index contributed by atoms with van der Waals surface area (Å²) < 4.78 is 0. The Morgan fingerprint density at radius 1 is 1.00 bits per heavy atom. The van der Waals surface area contributed by atoms with E-state index in [4.69, 9.17) is 5.73 Å². The fourth-order valence-corrected chi connectivity index (χ4v) is 4.25. The lowest BCUT2D eigenvalue weighted by Gasteiger charge is -2.10. The average molecular weight is 383 g/mol. The Morgan fingerprint density at radius 3 is 2.46 bits per heavy atom. The molecule has 0 saturated heterocycles. The molecule has 0 saturated carbocycles. The minimum atomic E-state index is -0.376. The van der Waals surface area contributed by atoms with Crippen molar-refractivity contribution < 1.29 is 9.59 Å².